The van der Waals surface area contributed by atoms with Gasteiger partial charge in [0.15, 0.2) is 28.8 Å². The highest BCUT2D eigenvalue weighted by Gasteiger charge is 2.48. The zero-order valence-corrected chi connectivity index (χ0v) is 28.7. The van der Waals surface area contributed by atoms with E-state index in [1.165, 1.54) is 0 Å². The number of hydrogen-bond acceptors (Lipinski definition) is 6. The molecule has 38 heavy (non-hydrogen) atoms. The van der Waals surface area contributed by atoms with Crippen LogP contribution in [0.25, 0.3) is 0 Å². The molecular weight excluding hydrogens is 512 g/mol. The molecular formula is C30H62O6Si2. The van der Waals surface area contributed by atoms with Gasteiger partial charge in [-0.2, -0.15) is 0 Å². The lowest BCUT2D eigenvalue weighted by molar-refractivity contribution is -0.171. The first-order chi connectivity index (χ1) is 18.0. The zero-order chi connectivity index (χ0) is 29.2. The smallest absolute Gasteiger partial charge is 0.337 e. The topological polar surface area (TPSA) is 71.1 Å². The number of carbonyl (C=O) groups is 2. The van der Waals surface area contributed by atoms with Gasteiger partial charge in [0.2, 0.25) is 0 Å². The molecule has 0 rings (SSSR count). The third-order valence-corrected chi connectivity index (χ3v) is 16.8. The Morgan fingerprint density at radius 1 is 0.500 bits per heavy atom. The highest BCUT2D eigenvalue weighted by molar-refractivity contribution is 6.74. The van der Waals surface area contributed by atoms with Crippen molar-refractivity contribution >= 4 is 28.6 Å². The highest BCUT2D eigenvalue weighted by Crippen LogP contribution is 2.34. The Morgan fingerprint density at radius 3 is 0.921 bits per heavy atom. The Bertz CT molecular complexity index is 552. The van der Waals surface area contributed by atoms with Crippen LogP contribution in [-0.4, -0.2) is 54.0 Å². The van der Waals surface area contributed by atoms with Crippen molar-refractivity contribution in [2.24, 2.45) is 11.8 Å². The van der Waals surface area contributed by atoms with Gasteiger partial charge in [-0.25, -0.2) is 9.59 Å². The fourth-order valence-corrected chi connectivity index (χ4v) is 14.7. The van der Waals surface area contributed by atoms with E-state index in [1.807, 2.05) is 27.7 Å². The molecule has 0 fully saturated rings. The Balaban J connectivity index is 6.80. The summed E-state index contributed by atoms with van der Waals surface area (Å²) in [5.41, 5.74) is 0. The van der Waals surface area contributed by atoms with Crippen molar-refractivity contribution in [3.05, 3.63) is 0 Å². The molecule has 6 nitrogen and oxygen atoms in total. The van der Waals surface area contributed by atoms with Gasteiger partial charge in [-0.1, -0.05) is 108 Å². The minimum absolute atomic E-state index is 0.185. The lowest BCUT2D eigenvalue weighted by Crippen LogP contribution is -2.56. The minimum atomic E-state index is -2.34. The number of esters is 2. The van der Waals surface area contributed by atoms with Crippen LogP contribution in [-0.2, 0) is 27.9 Å². The molecule has 0 bridgehead atoms. The molecule has 226 valence electrons. The molecule has 0 radical (unpaired) electrons. The molecule has 0 heterocycles. The Morgan fingerprint density at radius 2 is 0.737 bits per heavy atom. The van der Waals surface area contributed by atoms with Crippen molar-refractivity contribution in [3.8, 4) is 0 Å². The van der Waals surface area contributed by atoms with Crippen molar-refractivity contribution in [2.45, 2.75) is 156 Å². The van der Waals surface area contributed by atoms with Crippen LogP contribution in [0.5, 0.6) is 0 Å². The van der Waals surface area contributed by atoms with Crippen LogP contribution in [0.2, 0.25) is 36.3 Å². The number of rotatable bonds is 23. The molecule has 0 N–H and O–H groups in total. The quantitative estimate of drug-likeness (QED) is 0.0900. The van der Waals surface area contributed by atoms with Gasteiger partial charge in [0.05, 0.1) is 13.2 Å². The third kappa shape index (κ3) is 13.6. The van der Waals surface area contributed by atoms with Crippen LogP contribution in [0, 0.1) is 11.8 Å². The maximum atomic E-state index is 13.8. The number of hydrogen-bond donors (Lipinski definition) is 0. The lowest BCUT2D eigenvalue weighted by Gasteiger charge is -2.40. The Hall–Kier alpha value is -0.706. The second-order valence-electron chi connectivity index (χ2n) is 12.0. The average molecular weight is 575 g/mol. The largest absolute Gasteiger partial charge is 0.463 e. The molecule has 0 aliphatic carbocycles. The minimum Gasteiger partial charge on any atom is -0.463 e. The van der Waals surface area contributed by atoms with Gasteiger partial charge in [0, 0.05) is 0 Å². The van der Waals surface area contributed by atoms with E-state index in [0.29, 0.717) is 0 Å². The van der Waals surface area contributed by atoms with Crippen molar-refractivity contribution in [3.63, 3.8) is 0 Å². The molecule has 0 saturated heterocycles. The second kappa shape index (κ2) is 20.2. The summed E-state index contributed by atoms with van der Waals surface area (Å²) in [6.45, 7) is 21.7. The first-order valence-corrected chi connectivity index (χ1v) is 20.7. The van der Waals surface area contributed by atoms with E-state index in [9.17, 15) is 9.59 Å². The van der Waals surface area contributed by atoms with Crippen LogP contribution in [0.15, 0.2) is 0 Å². The van der Waals surface area contributed by atoms with Crippen LogP contribution in [0.4, 0.5) is 0 Å². The molecule has 0 spiro atoms. The van der Waals surface area contributed by atoms with E-state index in [4.69, 9.17) is 18.3 Å². The number of ether oxygens (including phenoxy) is 2. The monoisotopic (exact) mass is 574 g/mol. The SMILES string of the molecule is CCC[Si](CCC)(CCC)OC(C(=O)OCC(C)C)C(O[Si](CCC)(CCC)CCC)C(=O)OCC(C)C. The summed E-state index contributed by atoms with van der Waals surface area (Å²) in [6, 6.07) is 5.74. The maximum absolute atomic E-state index is 13.8. The fourth-order valence-electron chi connectivity index (χ4n) is 5.50. The lowest BCUT2D eigenvalue weighted by atomic mass is 10.2. The van der Waals surface area contributed by atoms with Gasteiger partial charge in [0.1, 0.15) is 0 Å². The zero-order valence-electron chi connectivity index (χ0n) is 26.7. The molecule has 0 saturated carbocycles. The maximum Gasteiger partial charge on any atom is 0.337 e. The van der Waals surface area contributed by atoms with E-state index < -0.39 is 40.8 Å². The molecule has 8 heteroatoms. The molecule has 0 aromatic heterocycles. The van der Waals surface area contributed by atoms with Gasteiger partial charge < -0.3 is 18.3 Å². The normalized spacial score (nSPS) is 14.1. The summed E-state index contributed by atoms with van der Waals surface area (Å²) < 4.78 is 25.5. The van der Waals surface area contributed by atoms with Crippen LogP contribution >= 0.6 is 0 Å². The second-order valence-corrected chi connectivity index (χ2v) is 20.2. The molecule has 2 unspecified atom stereocenters. The molecule has 0 aromatic carbocycles. The van der Waals surface area contributed by atoms with Gasteiger partial charge in [0.25, 0.3) is 0 Å². The van der Waals surface area contributed by atoms with Crippen molar-refractivity contribution in [1.29, 1.82) is 0 Å². The predicted molar refractivity (Wildman–Crippen MR) is 163 cm³/mol. The van der Waals surface area contributed by atoms with E-state index in [2.05, 4.69) is 41.5 Å². The van der Waals surface area contributed by atoms with Crippen LogP contribution in [0.1, 0.15) is 108 Å². The molecule has 0 amide bonds. The Labute approximate surface area is 237 Å². The van der Waals surface area contributed by atoms with Crippen LogP contribution < -0.4 is 0 Å². The third-order valence-electron chi connectivity index (χ3n) is 6.85. The number of carbonyl (C=O) groups excluding carboxylic acids is 2. The standard InChI is InChI=1S/C30H62O6Si2/c1-11-17-37(18-12-2,19-13-3)35-27(29(31)33-23-25(7)8)28(30(32)34-24-26(9)10)36-38(20-14-4,21-15-5)22-16-6/h25-28H,11-24H2,1-10H3. The van der Waals surface area contributed by atoms with E-state index in [1.54, 1.807) is 0 Å². The van der Waals surface area contributed by atoms with E-state index in [0.717, 1.165) is 74.8 Å². The summed E-state index contributed by atoms with van der Waals surface area (Å²) in [4.78, 5) is 27.6. The summed E-state index contributed by atoms with van der Waals surface area (Å²) >= 11 is 0. The molecule has 0 aliphatic rings. The molecule has 0 aromatic rings. The first kappa shape index (κ1) is 37.3. The first-order valence-electron chi connectivity index (χ1n) is 15.7. The molecule has 2 atom stereocenters. The summed E-state index contributed by atoms with van der Waals surface area (Å²) in [6.07, 6.45) is 3.77. The summed E-state index contributed by atoms with van der Waals surface area (Å²) in [5.74, 6) is -0.579. The summed E-state index contributed by atoms with van der Waals surface area (Å²) in [5, 5.41) is 0. The van der Waals surface area contributed by atoms with E-state index >= 15 is 0 Å². The summed E-state index contributed by atoms with van der Waals surface area (Å²) in [7, 11) is -4.67. The molecule has 0 aliphatic heterocycles. The van der Waals surface area contributed by atoms with Crippen LogP contribution in [0.3, 0.4) is 0 Å². The van der Waals surface area contributed by atoms with Crippen molar-refractivity contribution in [1.82, 2.24) is 0 Å². The predicted octanol–water partition coefficient (Wildman–Crippen LogP) is 8.51. The average Bonchev–Trinajstić information content (AvgIpc) is 2.84. The highest BCUT2D eigenvalue weighted by atomic mass is 28.4. The Kier molecular flexibility index (Phi) is 19.8. The van der Waals surface area contributed by atoms with Gasteiger partial charge in [-0.3, -0.25) is 0 Å². The van der Waals surface area contributed by atoms with Gasteiger partial charge in [-0.15, -0.1) is 0 Å². The van der Waals surface area contributed by atoms with E-state index in [-0.39, 0.29) is 25.0 Å². The fraction of sp³-hybridized carbons (Fsp3) is 0.933. The van der Waals surface area contributed by atoms with Gasteiger partial charge >= 0.3 is 11.9 Å². The van der Waals surface area contributed by atoms with Gasteiger partial charge in [-0.05, 0) is 48.1 Å². The van der Waals surface area contributed by atoms with Crippen molar-refractivity contribution < 1.29 is 27.9 Å². The van der Waals surface area contributed by atoms with Crippen molar-refractivity contribution in [2.75, 3.05) is 13.2 Å².